The first-order valence-corrected chi connectivity index (χ1v) is 11.6. The van der Waals surface area contributed by atoms with Crippen LogP contribution in [0.3, 0.4) is 0 Å². The maximum atomic E-state index is 11.7. The fraction of sp³-hybridized carbons (Fsp3) is 0.318. The van der Waals surface area contributed by atoms with Gasteiger partial charge in [-0.1, -0.05) is 30.3 Å². The summed E-state index contributed by atoms with van der Waals surface area (Å²) in [6.07, 6.45) is 1.70. The van der Waals surface area contributed by atoms with Gasteiger partial charge in [0, 0.05) is 32.2 Å². The molecule has 0 unspecified atom stereocenters. The van der Waals surface area contributed by atoms with E-state index in [2.05, 4.69) is 37.1 Å². The van der Waals surface area contributed by atoms with Crippen LogP contribution in [0.2, 0.25) is 0 Å². The minimum Gasteiger partial charge on any atom is -0.472 e. The molecule has 4 rings (SSSR count). The molecule has 0 spiro atoms. The second kappa shape index (κ2) is 11.1. The molecule has 11 nitrogen and oxygen atoms in total. The Morgan fingerprint density at radius 3 is 2.65 bits per heavy atom. The zero-order chi connectivity index (χ0) is 23.9. The summed E-state index contributed by atoms with van der Waals surface area (Å²) in [5.74, 6) is 1.15. The molecular weight excluding hydrogens is 454 g/mol. The molecule has 12 heteroatoms. The number of nitrogens with zero attached hydrogens (tertiary/aromatic N) is 6. The van der Waals surface area contributed by atoms with Gasteiger partial charge in [-0.2, -0.15) is 4.98 Å². The number of piperazine rings is 1. The molecule has 1 amide bonds. The molecule has 0 saturated carbocycles. The van der Waals surface area contributed by atoms with Crippen molar-refractivity contribution in [2.75, 3.05) is 55.7 Å². The van der Waals surface area contributed by atoms with Crippen molar-refractivity contribution in [3.8, 4) is 5.88 Å². The van der Waals surface area contributed by atoms with E-state index in [4.69, 9.17) is 21.2 Å². The Balaban J connectivity index is 1.59. The average molecular weight is 482 g/mol. The van der Waals surface area contributed by atoms with Crippen molar-refractivity contribution in [1.82, 2.24) is 24.8 Å². The molecule has 2 aromatic heterocycles. The molecule has 0 radical (unpaired) electrons. The average Bonchev–Trinajstić information content (AvgIpc) is 2.84. The van der Waals surface area contributed by atoms with E-state index in [0.29, 0.717) is 28.5 Å². The van der Waals surface area contributed by atoms with Gasteiger partial charge in [-0.05, 0) is 24.4 Å². The second-order valence-corrected chi connectivity index (χ2v) is 8.73. The minimum absolute atomic E-state index is 0.161. The molecule has 34 heavy (non-hydrogen) atoms. The molecule has 1 saturated heterocycles. The van der Waals surface area contributed by atoms with Crippen LogP contribution in [0.15, 0.2) is 52.6 Å². The minimum atomic E-state index is -0.374. The number of hydrogen-bond donors (Lipinski definition) is 3. The van der Waals surface area contributed by atoms with Gasteiger partial charge >= 0.3 is 0 Å². The monoisotopic (exact) mass is 481 g/mol. The summed E-state index contributed by atoms with van der Waals surface area (Å²) < 4.78 is 6.11. The molecule has 1 aliphatic rings. The van der Waals surface area contributed by atoms with E-state index < -0.39 is 0 Å². The van der Waals surface area contributed by atoms with E-state index in [1.54, 1.807) is 6.20 Å². The van der Waals surface area contributed by atoms with E-state index in [1.807, 2.05) is 30.3 Å². The Morgan fingerprint density at radius 1 is 1.15 bits per heavy atom. The normalized spacial score (nSPS) is 14.1. The fourth-order valence-corrected chi connectivity index (χ4v) is 4.04. The van der Waals surface area contributed by atoms with Crippen LogP contribution in [-0.4, -0.2) is 70.5 Å². The lowest BCUT2D eigenvalue weighted by Gasteiger charge is -2.32. The lowest BCUT2D eigenvalue weighted by Crippen LogP contribution is -2.45. The number of nitrogens with two attached hydrogens (primary N) is 2. The number of benzene rings is 1. The molecular formula is C22H27N9O2S. The lowest BCUT2D eigenvalue weighted by atomic mass is 10.2. The molecule has 0 atom stereocenters. The maximum Gasteiger partial charge on any atom is 0.239 e. The van der Waals surface area contributed by atoms with Gasteiger partial charge in [0.05, 0.1) is 17.6 Å². The van der Waals surface area contributed by atoms with E-state index in [0.717, 1.165) is 31.7 Å². The largest absolute Gasteiger partial charge is 0.472 e. The molecule has 1 aromatic carbocycles. The summed E-state index contributed by atoms with van der Waals surface area (Å²) in [5.41, 5.74) is 12.3. The fourth-order valence-electron chi connectivity index (χ4n) is 3.25. The Kier molecular flexibility index (Phi) is 7.72. The number of anilines is 3. The van der Waals surface area contributed by atoms with Crippen molar-refractivity contribution < 1.29 is 9.53 Å². The number of aromatic nitrogens is 4. The van der Waals surface area contributed by atoms with E-state index in [1.165, 1.54) is 17.8 Å². The lowest BCUT2D eigenvalue weighted by molar-refractivity contribution is -0.114. The molecule has 3 heterocycles. The summed E-state index contributed by atoms with van der Waals surface area (Å²) >= 11 is 1.21. The maximum absolute atomic E-state index is 11.7. The smallest absolute Gasteiger partial charge is 0.239 e. The van der Waals surface area contributed by atoms with Crippen LogP contribution in [0.5, 0.6) is 5.88 Å². The van der Waals surface area contributed by atoms with Gasteiger partial charge in [0.2, 0.25) is 17.7 Å². The van der Waals surface area contributed by atoms with E-state index in [-0.39, 0.29) is 24.1 Å². The highest BCUT2D eigenvalue weighted by molar-refractivity contribution is 7.99. The topological polar surface area (TPSA) is 148 Å². The van der Waals surface area contributed by atoms with Crippen molar-refractivity contribution >= 4 is 35.3 Å². The first-order valence-electron chi connectivity index (χ1n) is 10.8. The Bertz CT molecular complexity index is 1120. The van der Waals surface area contributed by atoms with Crippen LogP contribution in [-0.2, 0) is 11.4 Å². The molecule has 0 bridgehead atoms. The third-order valence-electron chi connectivity index (χ3n) is 5.09. The molecule has 3 aromatic rings. The molecule has 0 aliphatic carbocycles. The van der Waals surface area contributed by atoms with Gasteiger partial charge in [0.15, 0.2) is 5.16 Å². The highest BCUT2D eigenvalue weighted by Gasteiger charge is 2.20. The van der Waals surface area contributed by atoms with Crippen LogP contribution < -0.4 is 26.4 Å². The zero-order valence-electron chi connectivity index (χ0n) is 18.8. The van der Waals surface area contributed by atoms with Crippen molar-refractivity contribution in [3.05, 3.63) is 48.2 Å². The number of nitrogen functional groups attached to an aromatic ring is 1. The number of amides is 1. The number of nitrogens with one attached hydrogen (secondary N) is 1. The van der Waals surface area contributed by atoms with Gasteiger partial charge in [-0.25, -0.2) is 15.0 Å². The third-order valence-corrected chi connectivity index (χ3v) is 5.96. The summed E-state index contributed by atoms with van der Waals surface area (Å²) in [6, 6.07) is 11.3. The number of hydrogen-bond acceptors (Lipinski definition) is 11. The quantitative estimate of drug-likeness (QED) is 0.399. The standard InChI is InChI=1S/C22H27N9O2S/c1-30-7-9-31(10-8-30)21-25-13-16(20(29-21)33-14-15-5-3-2-4-6-15)34-22-26-17(24)11-18(28-22)27-19(32)12-23/h2-6,11,13H,7-10,12,14,23H2,1H3,(H3,24,26,27,28,32). The third kappa shape index (κ3) is 6.31. The number of carbonyl (C=O) groups is 1. The Labute approximate surface area is 201 Å². The predicted molar refractivity (Wildman–Crippen MR) is 131 cm³/mol. The zero-order valence-corrected chi connectivity index (χ0v) is 19.7. The summed E-state index contributed by atoms with van der Waals surface area (Å²) in [7, 11) is 2.10. The Morgan fingerprint density at radius 2 is 1.91 bits per heavy atom. The van der Waals surface area contributed by atoms with Crippen LogP contribution >= 0.6 is 11.8 Å². The van der Waals surface area contributed by atoms with Crippen LogP contribution in [0, 0.1) is 0 Å². The molecule has 5 N–H and O–H groups in total. The highest BCUT2D eigenvalue weighted by Crippen LogP contribution is 2.34. The van der Waals surface area contributed by atoms with Crippen molar-refractivity contribution in [2.24, 2.45) is 5.73 Å². The number of carbonyl (C=O) groups excluding carboxylic acids is 1. The van der Waals surface area contributed by atoms with Gasteiger partial charge < -0.3 is 31.3 Å². The Hall–Kier alpha value is -3.48. The van der Waals surface area contributed by atoms with E-state index >= 15 is 0 Å². The number of ether oxygens (including phenoxy) is 1. The number of rotatable bonds is 8. The van der Waals surface area contributed by atoms with Crippen LogP contribution in [0.25, 0.3) is 0 Å². The molecule has 1 aliphatic heterocycles. The van der Waals surface area contributed by atoms with Crippen LogP contribution in [0.4, 0.5) is 17.6 Å². The highest BCUT2D eigenvalue weighted by atomic mass is 32.2. The summed E-state index contributed by atoms with van der Waals surface area (Å²) in [6.45, 7) is 3.74. The number of likely N-dealkylation sites (N-methyl/N-ethyl adjacent to an activating group) is 1. The SMILES string of the molecule is CN1CCN(c2ncc(Sc3nc(N)cc(NC(=O)CN)n3)c(OCc3ccccc3)n2)CC1. The van der Waals surface area contributed by atoms with E-state index in [9.17, 15) is 4.79 Å². The first kappa shape index (κ1) is 23.7. The first-order chi connectivity index (χ1) is 16.5. The van der Waals surface area contributed by atoms with Crippen molar-refractivity contribution in [1.29, 1.82) is 0 Å². The van der Waals surface area contributed by atoms with Crippen LogP contribution in [0.1, 0.15) is 5.56 Å². The predicted octanol–water partition coefficient (Wildman–Crippen LogP) is 1.23. The van der Waals surface area contributed by atoms with Gasteiger partial charge in [-0.3, -0.25) is 4.79 Å². The van der Waals surface area contributed by atoms with Gasteiger partial charge in [0.25, 0.3) is 0 Å². The second-order valence-electron chi connectivity index (χ2n) is 7.72. The van der Waals surface area contributed by atoms with Gasteiger partial charge in [-0.15, -0.1) is 0 Å². The van der Waals surface area contributed by atoms with Crippen molar-refractivity contribution in [3.63, 3.8) is 0 Å². The summed E-state index contributed by atoms with van der Waals surface area (Å²) in [4.78, 5) is 34.6. The van der Waals surface area contributed by atoms with Crippen molar-refractivity contribution in [2.45, 2.75) is 16.7 Å². The van der Waals surface area contributed by atoms with Gasteiger partial charge in [0.1, 0.15) is 18.2 Å². The molecule has 1 fully saturated rings. The molecule has 178 valence electrons. The summed E-state index contributed by atoms with van der Waals surface area (Å²) in [5, 5.41) is 2.92.